The average molecular weight is 517 g/mol. The number of Topliss-reactive ketones (excluding diaryl/α,β-unsaturated/α-hetero) is 1. The molecule has 198 valence electrons. The highest BCUT2D eigenvalue weighted by atomic mass is 16.5. The Hall–Kier alpha value is -3.88. The lowest BCUT2D eigenvalue weighted by atomic mass is 9.95. The molecular formula is C30H32N2O6. The second kappa shape index (κ2) is 11.7. The Balaban J connectivity index is 1.41. The highest BCUT2D eigenvalue weighted by Crippen LogP contribution is 2.40. The molecule has 8 nitrogen and oxygen atoms in total. The second-order valence-electron chi connectivity index (χ2n) is 9.56. The maximum Gasteiger partial charge on any atom is 0.290 e. The second-order valence-corrected chi connectivity index (χ2v) is 9.56. The third kappa shape index (κ3) is 5.66. The zero-order valence-corrected chi connectivity index (χ0v) is 21.5. The fourth-order valence-corrected chi connectivity index (χ4v) is 4.96. The summed E-state index contributed by atoms with van der Waals surface area (Å²) in [4.78, 5) is 30.7. The molecule has 5 rings (SSSR count). The van der Waals surface area contributed by atoms with E-state index in [4.69, 9.17) is 13.9 Å². The summed E-state index contributed by atoms with van der Waals surface area (Å²) in [5.74, 6) is -0.309. The van der Waals surface area contributed by atoms with Crippen LogP contribution in [0.2, 0.25) is 0 Å². The van der Waals surface area contributed by atoms with Crippen molar-refractivity contribution in [1.29, 1.82) is 0 Å². The number of nitrogens with zero attached hydrogens (tertiary/aromatic N) is 2. The van der Waals surface area contributed by atoms with Crippen LogP contribution < -0.4 is 4.74 Å². The van der Waals surface area contributed by atoms with Crippen molar-refractivity contribution in [2.75, 3.05) is 39.4 Å². The summed E-state index contributed by atoms with van der Waals surface area (Å²) in [5.41, 5.74) is 1.74. The van der Waals surface area contributed by atoms with E-state index in [1.807, 2.05) is 54.6 Å². The van der Waals surface area contributed by atoms with Crippen LogP contribution in [0.5, 0.6) is 5.75 Å². The number of rotatable bonds is 10. The summed E-state index contributed by atoms with van der Waals surface area (Å²) in [6.45, 7) is 6.40. The van der Waals surface area contributed by atoms with Gasteiger partial charge in [-0.05, 0) is 48.7 Å². The van der Waals surface area contributed by atoms with Gasteiger partial charge in [-0.15, -0.1) is 0 Å². The molecule has 1 atom stereocenters. The first kappa shape index (κ1) is 25.8. The summed E-state index contributed by atoms with van der Waals surface area (Å²) in [7, 11) is 0. The lowest BCUT2D eigenvalue weighted by Crippen LogP contribution is -2.39. The Bertz CT molecular complexity index is 1310. The van der Waals surface area contributed by atoms with Crippen LogP contribution >= 0.6 is 0 Å². The minimum atomic E-state index is -0.759. The number of benzene rings is 2. The molecule has 0 spiro atoms. The molecule has 0 bridgehead atoms. The van der Waals surface area contributed by atoms with E-state index in [0.29, 0.717) is 49.9 Å². The largest absolute Gasteiger partial charge is 0.503 e. The number of carbonyl (C=O) groups excluding carboxylic acids is 2. The van der Waals surface area contributed by atoms with Gasteiger partial charge in [0, 0.05) is 26.2 Å². The zero-order valence-electron chi connectivity index (χ0n) is 21.5. The van der Waals surface area contributed by atoms with E-state index in [2.05, 4.69) is 4.90 Å². The first-order valence-corrected chi connectivity index (χ1v) is 12.9. The van der Waals surface area contributed by atoms with Crippen LogP contribution in [0, 0.1) is 6.92 Å². The summed E-state index contributed by atoms with van der Waals surface area (Å²) < 4.78 is 17.0. The Labute approximate surface area is 222 Å². The van der Waals surface area contributed by atoms with Crippen molar-refractivity contribution in [3.8, 4) is 5.75 Å². The van der Waals surface area contributed by atoms with E-state index >= 15 is 0 Å². The molecule has 1 unspecified atom stereocenters. The predicted molar refractivity (Wildman–Crippen MR) is 141 cm³/mol. The zero-order chi connectivity index (χ0) is 26.5. The molecule has 1 aromatic heterocycles. The van der Waals surface area contributed by atoms with Gasteiger partial charge in [0.25, 0.3) is 5.91 Å². The van der Waals surface area contributed by atoms with Crippen LogP contribution in [-0.2, 0) is 16.1 Å². The first-order chi connectivity index (χ1) is 18.5. The fourth-order valence-electron chi connectivity index (χ4n) is 4.96. The minimum Gasteiger partial charge on any atom is -0.503 e. The van der Waals surface area contributed by atoms with Crippen LogP contribution in [-0.4, -0.2) is 66.0 Å². The van der Waals surface area contributed by atoms with E-state index in [-0.39, 0.29) is 11.3 Å². The van der Waals surface area contributed by atoms with E-state index in [0.717, 1.165) is 25.2 Å². The Morgan fingerprint density at radius 3 is 2.55 bits per heavy atom. The molecule has 1 N–H and O–H groups in total. The van der Waals surface area contributed by atoms with E-state index in [1.165, 1.54) is 0 Å². The Morgan fingerprint density at radius 1 is 1.03 bits per heavy atom. The van der Waals surface area contributed by atoms with Gasteiger partial charge >= 0.3 is 0 Å². The van der Waals surface area contributed by atoms with Gasteiger partial charge in [-0.2, -0.15) is 0 Å². The Morgan fingerprint density at radius 2 is 1.82 bits per heavy atom. The third-order valence-electron chi connectivity index (χ3n) is 6.91. The van der Waals surface area contributed by atoms with Crippen molar-refractivity contribution in [2.24, 2.45) is 0 Å². The van der Waals surface area contributed by atoms with Gasteiger partial charge in [0.15, 0.2) is 11.5 Å². The van der Waals surface area contributed by atoms with Gasteiger partial charge in [0.1, 0.15) is 18.1 Å². The van der Waals surface area contributed by atoms with Crippen LogP contribution in [0.1, 0.15) is 39.9 Å². The van der Waals surface area contributed by atoms with Crippen LogP contribution in [0.4, 0.5) is 0 Å². The van der Waals surface area contributed by atoms with Gasteiger partial charge < -0.3 is 23.9 Å². The maximum absolute atomic E-state index is 13.5. The molecule has 2 aliphatic heterocycles. The molecule has 0 radical (unpaired) electrons. The van der Waals surface area contributed by atoms with Crippen molar-refractivity contribution < 1.29 is 28.6 Å². The Kier molecular flexibility index (Phi) is 7.91. The van der Waals surface area contributed by atoms with Gasteiger partial charge in [0.2, 0.25) is 5.78 Å². The fraction of sp³-hybridized carbons (Fsp3) is 0.333. The number of aliphatic hydroxyl groups excluding tert-OH is 1. The number of ketones is 1. The SMILES string of the molecule is Cc1ccc(C(=O)C2=C(O)C(=O)N(CCCN3CCOCC3)C2c2cccc(OCc3ccccc3)c2)o1. The number of furan rings is 1. The van der Waals surface area contributed by atoms with Crippen molar-refractivity contribution in [3.05, 3.63) is 101 Å². The monoisotopic (exact) mass is 516 g/mol. The number of ether oxygens (including phenoxy) is 2. The molecule has 2 aliphatic rings. The van der Waals surface area contributed by atoms with Crippen LogP contribution in [0.15, 0.2) is 82.5 Å². The van der Waals surface area contributed by atoms with Gasteiger partial charge in [-0.1, -0.05) is 42.5 Å². The van der Waals surface area contributed by atoms with Crippen molar-refractivity contribution >= 4 is 11.7 Å². The topological polar surface area (TPSA) is 92.5 Å². The summed E-state index contributed by atoms with van der Waals surface area (Å²) in [6.07, 6.45) is 0.695. The van der Waals surface area contributed by atoms with Crippen molar-refractivity contribution in [2.45, 2.75) is 26.0 Å². The number of hydrogen-bond donors (Lipinski definition) is 1. The highest BCUT2D eigenvalue weighted by molar-refractivity contribution is 6.15. The number of aryl methyl sites for hydroxylation is 1. The number of carbonyl (C=O) groups is 2. The maximum atomic E-state index is 13.5. The van der Waals surface area contributed by atoms with Gasteiger partial charge in [-0.25, -0.2) is 0 Å². The lowest BCUT2D eigenvalue weighted by Gasteiger charge is -2.30. The molecule has 0 saturated carbocycles. The number of aliphatic hydroxyl groups is 1. The number of amides is 1. The normalized spacial score (nSPS) is 18.3. The molecular weight excluding hydrogens is 484 g/mol. The molecule has 3 heterocycles. The number of hydrogen-bond acceptors (Lipinski definition) is 7. The quantitative estimate of drug-likeness (QED) is 0.398. The molecule has 38 heavy (non-hydrogen) atoms. The number of morpholine rings is 1. The van der Waals surface area contributed by atoms with E-state index in [9.17, 15) is 14.7 Å². The highest BCUT2D eigenvalue weighted by Gasteiger charge is 2.44. The lowest BCUT2D eigenvalue weighted by molar-refractivity contribution is -0.129. The van der Waals surface area contributed by atoms with Gasteiger partial charge in [0.05, 0.1) is 24.8 Å². The summed E-state index contributed by atoms with van der Waals surface area (Å²) in [5, 5.41) is 10.9. The minimum absolute atomic E-state index is 0.0240. The standard InChI is InChI=1S/C30H32N2O6/c1-21-11-12-25(38-21)28(33)26-27(23-9-5-10-24(19-23)37-20-22-7-3-2-4-8-22)32(30(35)29(26)34)14-6-13-31-15-17-36-18-16-31/h2-5,7-12,19,27,34H,6,13-18,20H2,1H3. The summed E-state index contributed by atoms with van der Waals surface area (Å²) in [6, 6.07) is 19.7. The molecule has 0 aliphatic carbocycles. The van der Waals surface area contributed by atoms with Crippen molar-refractivity contribution in [3.63, 3.8) is 0 Å². The van der Waals surface area contributed by atoms with Crippen LogP contribution in [0.3, 0.4) is 0 Å². The molecule has 1 amide bonds. The molecule has 3 aromatic rings. The molecule has 8 heteroatoms. The van der Waals surface area contributed by atoms with E-state index in [1.54, 1.807) is 24.0 Å². The summed E-state index contributed by atoms with van der Waals surface area (Å²) >= 11 is 0. The third-order valence-corrected chi connectivity index (χ3v) is 6.91. The smallest absolute Gasteiger partial charge is 0.290 e. The van der Waals surface area contributed by atoms with Crippen molar-refractivity contribution in [1.82, 2.24) is 9.80 Å². The molecule has 1 fully saturated rings. The van der Waals surface area contributed by atoms with Gasteiger partial charge in [-0.3, -0.25) is 14.5 Å². The first-order valence-electron chi connectivity index (χ1n) is 12.9. The van der Waals surface area contributed by atoms with E-state index < -0.39 is 23.5 Å². The molecule has 2 aromatic carbocycles. The van der Waals surface area contributed by atoms with Crippen LogP contribution in [0.25, 0.3) is 0 Å². The predicted octanol–water partition coefficient (Wildman–Crippen LogP) is 4.47. The molecule has 1 saturated heterocycles. The average Bonchev–Trinajstić information content (AvgIpc) is 3.49.